The first kappa shape index (κ1) is 20.2. The highest BCUT2D eigenvalue weighted by atomic mass is 16.5. The maximum Gasteiger partial charge on any atom is 0.335 e. The molecule has 0 amide bonds. The lowest BCUT2D eigenvalue weighted by atomic mass is 10.1. The summed E-state index contributed by atoms with van der Waals surface area (Å²) < 4.78 is 5.22. The monoisotopic (exact) mass is 408 g/mol. The van der Waals surface area contributed by atoms with Crippen LogP contribution in [-0.2, 0) is 4.79 Å². The predicted molar refractivity (Wildman–Crippen MR) is 126 cm³/mol. The summed E-state index contributed by atoms with van der Waals surface area (Å²) in [7, 11) is 0. The Kier molecular flexibility index (Phi) is 6.29. The number of esters is 1. The molecule has 1 N–H and O–H groups in total. The summed E-state index contributed by atoms with van der Waals surface area (Å²) in [5.41, 5.74) is 5.37. The van der Waals surface area contributed by atoms with E-state index in [1.807, 2.05) is 48.5 Å². The van der Waals surface area contributed by atoms with Crippen molar-refractivity contribution < 1.29 is 9.53 Å². The zero-order valence-electron chi connectivity index (χ0n) is 17.2. The lowest BCUT2D eigenvalue weighted by Gasteiger charge is -2.29. The van der Waals surface area contributed by atoms with Gasteiger partial charge in [-0.3, -0.25) is 0 Å². The van der Waals surface area contributed by atoms with Crippen LogP contribution in [0, 0.1) is 0 Å². The van der Waals surface area contributed by atoms with E-state index in [9.17, 15) is 4.79 Å². The van der Waals surface area contributed by atoms with E-state index in [1.54, 1.807) is 12.1 Å². The van der Waals surface area contributed by atoms with E-state index in [2.05, 4.69) is 53.2 Å². The van der Waals surface area contributed by atoms with Crippen LogP contribution in [0.25, 0.3) is 0 Å². The Labute approximate surface area is 182 Å². The highest BCUT2D eigenvalue weighted by Crippen LogP contribution is 2.34. The molecule has 1 aliphatic rings. The van der Waals surface area contributed by atoms with Crippen LogP contribution in [0.15, 0.2) is 121 Å². The minimum Gasteiger partial charge on any atom is -0.423 e. The number of nitrogens with one attached hydrogen (secondary N) is 1. The van der Waals surface area contributed by atoms with E-state index >= 15 is 0 Å². The van der Waals surface area contributed by atoms with Gasteiger partial charge < -0.3 is 15.0 Å². The molecule has 0 saturated carbocycles. The fourth-order valence-corrected chi connectivity index (χ4v) is 3.49. The van der Waals surface area contributed by atoms with Crippen molar-refractivity contribution in [1.29, 1.82) is 0 Å². The van der Waals surface area contributed by atoms with Crippen molar-refractivity contribution in [3.05, 3.63) is 121 Å². The summed E-state index contributed by atoms with van der Waals surface area (Å²) >= 11 is 0. The van der Waals surface area contributed by atoms with Crippen LogP contribution in [0.1, 0.15) is 12.8 Å². The third-order valence-corrected chi connectivity index (χ3v) is 4.92. The molecule has 4 nitrogen and oxygen atoms in total. The molecule has 0 aromatic heterocycles. The molecule has 4 heteroatoms. The first-order valence-electron chi connectivity index (χ1n) is 10.3. The Bertz CT molecular complexity index is 1100. The van der Waals surface area contributed by atoms with Gasteiger partial charge in [-0.1, -0.05) is 49.1 Å². The average Bonchev–Trinajstić information content (AvgIpc) is 2.82. The molecule has 4 rings (SSSR count). The zero-order valence-corrected chi connectivity index (χ0v) is 17.2. The normalized spacial score (nSPS) is 12.9. The molecule has 0 radical (unpaired) electrons. The van der Waals surface area contributed by atoms with Gasteiger partial charge in [0.15, 0.2) is 0 Å². The van der Waals surface area contributed by atoms with Crippen LogP contribution >= 0.6 is 0 Å². The number of rotatable bonds is 7. The fourth-order valence-electron chi connectivity index (χ4n) is 3.49. The number of carbonyl (C=O) groups excluding carboxylic acids is 1. The van der Waals surface area contributed by atoms with Gasteiger partial charge in [-0.2, -0.15) is 0 Å². The van der Waals surface area contributed by atoms with E-state index in [1.165, 1.54) is 5.70 Å². The second-order valence-electron chi connectivity index (χ2n) is 7.12. The summed E-state index contributed by atoms with van der Waals surface area (Å²) in [6, 6.07) is 27.9. The number of anilines is 3. The summed E-state index contributed by atoms with van der Waals surface area (Å²) in [5, 5.41) is 3.53. The summed E-state index contributed by atoms with van der Waals surface area (Å²) in [6.07, 6.45) is 7.49. The lowest BCUT2D eigenvalue weighted by molar-refractivity contribution is -0.128. The minimum atomic E-state index is -0.470. The molecule has 31 heavy (non-hydrogen) atoms. The van der Waals surface area contributed by atoms with E-state index in [0.29, 0.717) is 5.75 Å². The largest absolute Gasteiger partial charge is 0.423 e. The van der Waals surface area contributed by atoms with Gasteiger partial charge in [-0.05, 0) is 67.4 Å². The molecule has 154 valence electrons. The number of para-hydroxylation sites is 2. The number of carbonyl (C=O) groups is 1. The van der Waals surface area contributed by atoms with Crippen LogP contribution < -0.4 is 15.0 Å². The molecule has 3 aromatic carbocycles. The van der Waals surface area contributed by atoms with Crippen LogP contribution in [0.3, 0.4) is 0 Å². The second kappa shape index (κ2) is 9.63. The van der Waals surface area contributed by atoms with Crippen molar-refractivity contribution >= 4 is 23.0 Å². The summed E-state index contributed by atoms with van der Waals surface area (Å²) in [4.78, 5) is 13.7. The SMILES string of the molecule is C=CC(=O)Oc1ccc(N(C2=CCCC(Nc3ccccc3)=C2)c2ccccc2)cc1. The van der Waals surface area contributed by atoms with Crippen molar-refractivity contribution in [1.82, 2.24) is 0 Å². The molecule has 0 fully saturated rings. The Morgan fingerprint density at radius 2 is 1.55 bits per heavy atom. The van der Waals surface area contributed by atoms with Gasteiger partial charge in [-0.25, -0.2) is 4.79 Å². The van der Waals surface area contributed by atoms with Crippen LogP contribution in [0.5, 0.6) is 5.75 Å². The minimum absolute atomic E-state index is 0.470. The maximum absolute atomic E-state index is 11.5. The average molecular weight is 409 g/mol. The van der Waals surface area contributed by atoms with Gasteiger partial charge >= 0.3 is 5.97 Å². The highest BCUT2D eigenvalue weighted by molar-refractivity contribution is 5.83. The van der Waals surface area contributed by atoms with Crippen molar-refractivity contribution in [3.63, 3.8) is 0 Å². The molecule has 3 aromatic rings. The topological polar surface area (TPSA) is 41.6 Å². The first-order valence-corrected chi connectivity index (χ1v) is 10.3. The summed E-state index contributed by atoms with van der Waals surface area (Å²) in [6.45, 7) is 3.44. The third kappa shape index (κ3) is 5.11. The molecule has 0 atom stereocenters. The van der Waals surface area contributed by atoms with Gasteiger partial charge in [0.25, 0.3) is 0 Å². The predicted octanol–water partition coefficient (Wildman–Crippen LogP) is 6.59. The third-order valence-electron chi connectivity index (χ3n) is 4.92. The van der Waals surface area contributed by atoms with Crippen molar-refractivity contribution in [2.45, 2.75) is 12.8 Å². The Morgan fingerprint density at radius 1 is 0.903 bits per heavy atom. The molecular weight excluding hydrogens is 384 g/mol. The lowest BCUT2D eigenvalue weighted by Crippen LogP contribution is -2.18. The number of hydrogen-bond acceptors (Lipinski definition) is 4. The Morgan fingerprint density at radius 3 is 2.23 bits per heavy atom. The number of allylic oxidation sites excluding steroid dienone is 3. The second-order valence-corrected chi connectivity index (χ2v) is 7.12. The van der Waals surface area contributed by atoms with Crippen LogP contribution in [0.4, 0.5) is 17.1 Å². The Hall–Kier alpha value is -4.05. The van der Waals surface area contributed by atoms with E-state index in [0.717, 1.165) is 41.7 Å². The number of nitrogens with zero attached hydrogens (tertiary/aromatic N) is 1. The highest BCUT2D eigenvalue weighted by Gasteiger charge is 2.17. The van der Waals surface area contributed by atoms with Crippen LogP contribution in [0.2, 0.25) is 0 Å². The zero-order chi connectivity index (χ0) is 21.5. The van der Waals surface area contributed by atoms with E-state index < -0.39 is 5.97 Å². The quantitative estimate of drug-likeness (QED) is 0.272. The standard InChI is InChI=1S/C27H24N2O2/c1-2-27(30)31-26-18-16-24(17-19-26)29(23-13-7-4-8-14-23)25-15-9-12-22(20-25)28-21-10-5-3-6-11-21/h2-8,10-11,13-20,28H,1,9,12H2. The number of hydrogen-bond donors (Lipinski definition) is 1. The van der Waals surface area contributed by atoms with Gasteiger partial charge in [0.1, 0.15) is 5.75 Å². The van der Waals surface area contributed by atoms with Crippen LogP contribution in [-0.4, -0.2) is 5.97 Å². The molecule has 0 aliphatic heterocycles. The number of benzene rings is 3. The summed E-state index contributed by atoms with van der Waals surface area (Å²) in [5.74, 6) is 0.0171. The molecule has 0 spiro atoms. The molecule has 0 heterocycles. The maximum atomic E-state index is 11.5. The van der Waals surface area contributed by atoms with E-state index in [-0.39, 0.29) is 0 Å². The van der Waals surface area contributed by atoms with Crippen molar-refractivity contribution in [3.8, 4) is 5.75 Å². The smallest absolute Gasteiger partial charge is 0.335 e. The Balaban J connectivity index is 1.65. The first-order chi connectivity index (χ1) is 15.2. The van der Waals surface area contributed by atoms with Gasteiger partial charge in [0.2, 0.25) is 0 Å². The molecule has 0 bridgehead atoms. The van der Waals surface area contributed by atoms with Gasteiger partial charge in [-0.15, -0.1) is 0 Å². The molecule has 1 aliphatic carbocycles. The van der Waals surface area contributed by atoms with Crippen molar-refractivity contribution in [2.24, 2.45) is 0 Å². The molecular formula is C27H24N2O2. The van der Waals surface area contributed by atoms with E-state index in [4.69, 9.17) is 4.74 Å². The van der Waals surface area contributed by atoms with Crippen molar-refractivity contribution in [2.75, 3.05) is 10.2 Å². The number of ether oxygens (including phenoxy) is 1. The van der Waals surface area contributed by atoms with Gasteiger partial charge in [0, 0.05) is 34.5 Å². The molecule has 0 unspecified atom stereocenters. The molecule has 0 saturated heterocycles. The fraction of sp³-hybridized carbons (Fsp3) is 0.0741. The van der Waals surface area contributed by atoms with Gasteiger partial charge in [0.05, 0.1) is 0 Å².